The number of nitrogens with zero attached hydrogens (tertiary/aromatic N) is 6. The zero-order chi connectivity index (χ0) is 53.2. The third kappa shape index (κ3) is 21.5. The third-order valence-electron chi connectivity index (χ3n) is 8.97. The summed E-state index contributed by atoms with van der Waals surface area (Å²) < 4.78 is 217. The second-order valence-electron chi connectivity index (χ2n) is 14.1. The topological polar surface area (TPSA) is 493 Å². The van der Waals surface area contributed by atoms with Crippen molar-refractivity contribution in [2.75, 3.05) is 45.0 Å². The average molecular weight is 1250 g/mol. The van der Waals surface area contributed by atoms with Crippen LogP contribution in [-0.4, -0.2) is 121 Å². The fraction of sp³-hybridized carbons (Fsp3) is 0.111. The maximum atomic E-state index is 12.6. The van der Waals surface area contributed by atoms with Gasteiger partial charge in [0.15, 0.2) is 0 Å². The first-order chi connectivity index (χ1) is 33.3. The maximum Gasteiger partial charge on any atom is 1.00 e. The predicted octanol–water partition coefficient (Wildman–Crippen LogP) is -16.5. The number of benzene rings is 4. The van der Waals surface area contributed by atoms with Crippen LogP contribution in [-0.2, 0) is 60.7 Å². The molecule has 0 fully saturated rings. The molecule has 0 aliphatic carbocycles. The van der Waals surface area contributed by atoms with Gasteiger partial charge in [-0.2, -0.15) is 29.9 Å². The molecule has 4 aromatic carbocycles. The Morgan fingerprint density at radius 3 is 0.910 bits per heavy atom. The van der Waals surface area contributed by atoms with Crippen molar-refractivity contribution in [1.29, 1.82) is 0 Å². The Kier molecular flexibility index (Phi) is 30.7. The molecule has 6 N–H and O–H groups in total. The molecule has 0 aliphatic heterocycles. The van der Waals surface area contributed by atoms with Crippen molar-refractivity contribution in [2.45, 2.75) is 43.2 Å². The van der Waals surface area contributed by atoms with Gasteiger partial charge in [-0.1, -0.05) is 24.3 Å². The van der Waals surface area contributed by atoms with Crippen LogP contribution in [0.25, 0.3) is 12.2 Å². The molecule has 384 valence electrons. The first-order valence-corrected chi connectivity index (χ1v) is 27.8. The van der Waals surface area contributed by atoms with Gasteiger partial charge in [-0.3, -0.25) is 0 Å². The van der Waals surface area contributed by atoms with Crippen LogP contribution in [0.3, 0.4) is 0 Å². The summed E-state index contributed by atoms with van der Waals surface area (Å²) in [6.45, 7) is 3.60. The van der Waals surface area contributed by atoms with Gasteiger partial charge < -0.3 is 59.2 Å². The first-order valence-electron chi connectivity index (χ1n) is 19.4. The zero-order valence-electron chi connectivity index (χ0n) is 42.0. The van der Waals surface area contributed by atoms with Crippen LogP contribution in [0.15, 0.2) is 102 Å². The van der Waals surface area contributed by atoms with E-state index in [0.29, 0.717) is 36.4 Å². The van der Waals surface area contributed by atoms with E-state index < -0.39 is 125 Å². The summed E-state index contributed by atoms with van der Waals surface area (Å²) in [5.74, 6) is -2.37. The Hall–Kier alpha value is -1.10. The summed E-state index contributed by atoms with van der Waals surface area (Å²) in [5.41, 5.74) is -2.49. The van der Waals surface area contributed by atoms with Crippen LogP contribution >= 0.6 is 0 Å². The van der Waals surface area contributed by atoms with Crippen LogP contribution in [0, 0.1) is 0 Å². The molecule has 0 bridgehead atoms. The van der Waals surface area contributed by atoms with Crippen LogP contribution in [0.4, 0.5) is 58.4 Å². The molecule has 0 amide bonds. The van der Waals surface area contributed by atoms with Gasteiger partial charge in [0, 0.05) is 24.5 Å². The van der Waals surface area contributed by atoms with Crippen molar-refractivity contribution in [3.63, 3.8) is 0 Å². The Morgan fingerprint density at radius 2 is 0.641 bits per heavy atom. The normalized spacial score (nSPS) is 11.6. The van der Waals surface area contributed by atoms with Gasteiger partial charge in [0.1, 0.15) is 60.7 Å². The molecule has 0 unspecified atom stereocenters. The molecule has 0 saturated heterocycles. The Balaban J connectivity index is 0.00000988. The molecule has 30 nitrogen and oxygen atoms in total. The minimum atomic E-state index is -5.37. The fourth-order valence-electron chi connectivity index (χ4n) is 6.02. The summed E-state index contributed by atoms with van der Waals surface area (Å²) in [6, 6.07) is 9.63. The molecule has 6 rings (SSSR count). The Bertz CT molecular complexity index is 3650. The van der Waals surface area contributed by atoms with Gasteiger partial charge in [-0.25, -0.2) is 50.5 Å². The van der Waals surface area contributed by atoms with Crippen LogP contribution in [0.5, 0.6) is 0 Å². The molecule has 0 radical (unpaired) electrons. The van der Waals surface area contributed by atoms with Crippen molar-refractivity contribution in [2.24, 2.45) is 0 Å². The number of hydrogen-bond acceptors (Lipinski definition) is 30. The van der Waals surface area contributed by atoms with Crippen molar-refractivity contribution < 1.29 is 255 Å². The summed E-state index contributed by atoms with van der Waals surface area (Å²) in [7, 11) is -31.6. The second kappa shape index (κ2) is 31.2. The maximum absolute atomic E-state index is 12.6. The SMILES string of the molecule is CCNc1nc(Nc2ccc(C=Cc3ccc(Nc4nc(NCC)nc(Nc5cc(S(=O)(=O)[O-])ccc5S(=O)(=O)[O-])n4)cc3S(=O)(=O)[O-])c(S(=O)(=O)[O-])c2)nc(Nc2cc(S(=O)(=O)[O-])ccc2S(=O)(=O)[O-])n1.[Na+].[Na+].[Na+].[Na+].[Na+].[Na+]. The van der Waals surface area contributed by atoms with E-state index in [9.17, 15) is 77.8 Å². The van der Waals surface area contributed by atoms with Crippen LogP contribution < -0.4 is 209 Å². The van der Waals surface area contributed by atoms with E-state index in [1.807, 2.05) is 0 Å². The van der Waals surface area contributed by atoms with Crippen molar-refractivity contribution in [3.8, 4) is 0 Å². The van der Waals surface area contributed by atoms with Gasteiger partial charge in [0.25, 0.3) is 0 Å². The largest absolute Gasteiger partial charge is 1.00 e. The molecule has 6 aromatic rings. The van der Waals surface area contributed by atoms with Crippen LogP contribution in [0.2, 0.25) is 0 Å². The van der Waals surface area contributed by atoms with Gasteiger partial charge in [0.05, 0.1) is 40.7 Å². The van der Waals surface area contributed by atoms with Crippen molar-refractivity contribution >= 4 is 131 Å². The van der Waals surface area contributed by atoms with Gasteiger partial charge >= 0.3 is 177 Å². The molecule has 42 heteroatoms. The number of rotatable bonds is 20. The molecule has 0 spiro atoms. The average Bonchev–Trinajstić information content (AvgIpc) is 3.24. The van der Waals surface area contributed by atoms with Crippen molar-refractivity contribution in [1.82, 2.24) is 29.9 Å². The van der Waals surface area contributed by atoms with Crippen molar-refractivity contribution in [3.05, 3.63) is 83.9 Å². The molecule has 2 heterocycles. The molecule has 2 aromatic heterocycles. The van der Waals surface area contributed by atoms with Gasteiger partial charge in [-0.15, -0.1) is 0 Å². The van der Waals surface area contributed by atoms with E-state index in [2.05, 4.69) is 61.8 Å². The van der Waals surface area contributed by atoms with E-state index >= 15 is 0 Å². The standard InChI is InChI=1S/C36H36N12O18S6.6Na/c1-3-37-31-43-33(47-35(45-31)41-25-17-23(67(49,50)51)11-13-27(25)69(55,56)57)39-21-9-7-19(29(15-21)71(61,62)63)5-6-20-8-10-22(16-30(20)72(64,65)66)40-34-44-32(38-4-2)46-36(48-34)42-26-18-24(68(52,53)54)12-14-28(26)70(58,59)60;;;;;;/h5-18H,3-4H2,1-2H3,(H,49,50,51)(H,52,53,54)(H,55,56,57)(H,58,59,60)(H,61,62,63)(H,64,65,66)(H3,37,39,41,43,45,47)(H3,38,40,42,44,46,48);;;;;;/q;6*+1/p-6. The van der Waals surface area contributed by atoms with E-state index in [4.69, 9.17) is 0 Å². The second-order valence-corrected chi connectivity index (χ2v) is 22.2. The van der Waals surface area contributed by atoms with E-state index in [1.54, 1.807) is 13.8 Å². The van der Waals surface area contributed by atoms with E-state index in [1.165, 1.54) is 12.1 Å². The zero-order valence-corrected chi connectivity index (χ0v) is 58.9. The molecule has 0 atom stereocenters. The number of aromatic nitrogens is 6. The van der Waals surface area contributed by atoms with Crippen LogP contribution in [0.1, 0.15) is 25.0 Å². The molecule has 78 heavy (non-hydrogen) atoms. The third-order valence-corrected chi connectivity index (χ3v) is 14.2. The summed E-state index contributed by atoms with van der Waals surface area (Å²) in [6.07, 6.45) is 1.96. The Labute approximate surface area is 579 Å². The monoisotopic (exact) mass is 1250 g/mol. The number of anilines is 10. The summed E-state index contributed by atoms with van der Waals surface area (Å²) in [4.78, 5) is 18.5. The summed E-state index contributed by atoms with van der Waals surface area (Å²) in [5, 5.41) is 15.3. The quantitative estimate of drug-likeness (QED) is 0.0235. The van der Waals surface area contributed by atoms with E-state index in [-0.39, 0.29) is 225 Å². The number of hydrogen-bond donors (Lipinski definition) is 6. The minimum absolute atomic E-state index is 0. The predicted molar refractivity (Wildman–Crippen MR) is 244 cm³/mol. The summed E-state index contributed by atoms with van der Waals surface area (Å²) >= 11 is 0. The number of nitrogens with one attached hydrogen (secondary N) is 6. The molecular weight excluding hydrogens is 1220 g/mol. The Morgan fingerprint density at radius 1 is 0.359 bits per heavy atom. The molecule has 0 aliphatic rings. The fourth-order valence-corrected chi connectivity index (χ4v) is 9.64. The smallest absolute Gasteiger partial charge is 0.744 e. The minimum Gasteiger partial charge on any atom is -0.744 e. The van der Waals surface area contributed by atoms with Gasteiger partial charge in [0.2, 0.25) is 35.7 Å². The molecular formula is C36H30N12Na6O18S6. The first kappa shape index (κ1) is 76.9. The molecule has 0 saturated carbocycles. The van der Waals surface area contributed by atoms with Gasteiger partial charge in [-0.05, 0) is 85.6 Å². The van der Waals surface area contributed by atoms with E-state index in [0.717, 1.165) is 36.4 Å².